The van der Waals surface area contributed by atoms with Crippen LogP contribution in [0.5, 0.6) is 0 Å². The minimum absolute atomic E-state index is 0.865. The number of halogens is 1. The van der Waals surface area contributed by atoms with Crippen LogP contribution < -0.4 is 5.32 Å². The van der Waals surface area contributed by atoms with Gasteiger partial charge in [-0.3, -0.25) is 4.98 Å². The lowest BCUT2D eigenvalue weighted by molar-refractivity contribution is 0.190. The minimum atomic E-state index is 0.865. The van der Waals surface area contributed by atoms with Gasteiger partial charge in [-0.15, -0.1) is 0 Å². The van der Waals surface area contributed by atoms with Gasteiger partial charge in [0.25, 0.3) is 0 Å². The molecule has 1 aromatic rings. The van der Waals surface area contributed by atoms with Crippen molar-refractivity contribution in [2.75, 3.05) is 26.2 Å². The molecule has 1 N–H and O–H groups in total. The molecule has 0 unspecified atom stereocenters. The summed E-state index contributed by atoms with van der Waals surface area (Å²) in [5, 5.41) is 3.47. The Morgan fingerprint density at radius 3 is 2.84 bits per heavy atom. The van der Waals surface area contributed by atoms with E-state index in [9.17, 15) is 0 Å². The average molecular weight is 326 g/mol. The second kappa shape index (κ2) is 7.98. The zero-order chi connectivity index (χ0) is 13.5. The Labute approximate surface area is 124 Å². The normalized spacial score (nSPS) is 17.8. The Balaban J connectivity index is 1.53. The largest absolute Gasteiger partial charge is 0.311 e. The van der Waals surface area contributed by atoms with E-state index < -0.39 is 0 Å². The molecular formula is C15H24BrN3. The van der Waals surface area contributed by atoms with Crippen molar-refractivity contribution in [2.45, 2.75) is 32.7 Å². The van der Waals surface area contributed by atoms with Gasteiger partial charge >= 0.3 is 0 Å². The molecule has 3 nitrogen and oxygen atoms in total. The third-order valence-corrected chi connectivity index (χ3v) is 4.27. The van der Waals surface area contributed by atoms with Gasteiger partial charge in [-0.05, 0) is 79.4 Å². The quantitative estimate of drug-likeness (QED) is 0.815. The number of hydrogen-bond donors (Lipinski definition) is 1. The van der Waals surface area contributed by atoms with Gasteiger partial charge in [0.1, 0.15) is 0 Å². The van der Waals surface area contributed by atoms with Gasteiger partial charge in [0.05, 0.1) is 5.69 Å². The molecule has 19 heavy (non-hydrogen) atoms. The summed E-state index contributed by atoms with van der Waals surface area (Å²) in [6.45, 7) is 8.11. The van der Waals surface area contributed by atoms with Gasteiger partial charge < -0.3 is 10.2 Å². The highest BCUT2D eigenvalue weighted by molar-refractivity contribution is 9.10. The number of nitrogens with one attached hydrogen (secondary N) is 1. The lowest BCUT2D eigenvalue weighted by Gasteiger charge is -2.30. The Morgan fingerprint density at radius 2 is 2.16 bits per heavy atom. The van der Waals surface area contributed by atoms with Gasteiger partial charge in [-0.2, -0.15) is 0 Å². The summed E-state index contributed by atoms with van der Waals surface area (Å²) < 4.78 is 1.04. The molecule has 1 aromatic heterocycles. The monoisotopic (exact) mass is 325 g/mol. The van der Waals surface area contributed by atoms with Crippen LogP contribution in [-0.2, 0) is 6.54 Å². The van der Waals surface area contributed by atoms with Crippen molar-refractivity contribution < 1.29 is 0 Å². The maximum Gasteiger partial charge on any atom is 0.0542 e. The van der Waals surface area contributed by atoms with Crippen LogP contribution in [0.15, 0.2) is 22.8 Å². The van der Waals surface area contributed by atoms with Crippen molar-refractivity contribution >= 4 is 15.9 Å². The molecule has 0 amide bonds. The number of pyridine rings is 1. The first kappa shape index (κ1) is 14.9. The fourth-order valence-electron chi connectivity index (χ4n) is 2.44. The van der Waals surface area contributed by atoms with E-state index in [1.807, 2.05) is 12.3 Å². The molecule has 0 spiro atoms. The summed E-state index contributed by atoms with van der Waals surface area (Å²) >= 11 is 3.40. The van der Waals surface area contributed by atoms with Crippen LogP contribution in [0, 0.1) is 5.92 Å². The van der Waals surface area contributed by atoms with Crippen LogP contribution in [-0.4, -0.2) is 36.1 Å². The molecule has 1 saturated heterocycles. The third-order valence-electron chi connectivity index (χ3n) is 3.80. The van der Waals surface area contributed by atoms with Gasteiger partial charge in [0, 0.05) is 17.2 Å². The van der Waals surface area contributed by atoms with Crippen LogP contribution in [0.4, 0.5) is 0 Å². The minimum Gasteiger partial charge on any atom is -0.311 e. The molecular weight excluding hydrogens is 302 g/mol. The molecule has 4 heteroatoms. The first-order chi connectivity index (χ1) is 9.24. The number of hydrogen-bond acceptors (Lipinski definition) is 3. The van der Waals surface area contributed by atoms with Gasteiger partial charge in [0.2, 0.25) is 0 Å². The van der Waals surface area contributed by atoms with Crippen LogP contribution in [0.1, 0.15) is 31.9 Å². The molecule has 0 aromatic carbocycles. The van der Waals surface area contributed by atoms with E-state index in [-0.39, 0.29) is 0 Å². The number of aromatic nitrogens is 1. The number of nitrogens with zero attached hydrogens (tertiary/aromatic N) is 2. The molecule has 1 aliphatic rings. The fourth-order valence-corrected chi connectivity index (χ4v) is 2.68. The van der Waals surface area contributed by atoms with Crippen molar-refractivity contribution in [3.63, 3.8) is 0 Å². The predicted octanol–water partition coefficient (Wildman–Crippen LogP) is 3.06. The summed E-state index contributed by atoms with van der Waals surface area (Å²) in [5.41, 5.74) is 1.11. The SMILES string of the molecule is CC1CCN(CCCNCc2ccc(Br)cn2)CC1. The Bertz CT molecular complexity index is 358. The first-order valence-corrected chi connectivity index (χ1v) is 8.07. The highest BCUT2D eigenvalue weighted by Gasteiger charge is 2.14. The Kier molecular flexibility index (Phi) is 6.28. The molecule has 0 radical (unpaired) electrons. The summed E-state index contributed by atoms with van der Waals surface area (Å²) in [5.74, 6) is 0.929. The standard InChI is InChI=1S/C15H24BrN3/c1-13-5-9-19(10-6-13)8-2-7-17-12-15-4-3-14(16)11-18-15/h3-4,11,13,17H,2,5-10,12H2,1H3. The molecule has 0 atom stereocenters. The van der Waals surface area contributed by atoms with E-state index in [4.69, 9.17) is 0 Å². The van der Waals surface area contributed by atoms with Crippen LogP contribution in [0.25, 0.3) is 0 Å². The Morgan fingerprint density at radius 1 is 1.37 bits per heavy atom. The van der Waals surface area contributed by atoms with E-state index in [1.54, 1.807) is 0 Å². The van der Waals surface area contributed by atoms with E-state index in [1.165, 1.54) is 38.9 Å². The van der Waals surface area contributed by atoms with E-state index >= 15 is 0 Å². The van der Waals surface area contributed by atoms with Crippen molar-refractivity contribution in [1.29, 1.82) is 0 Å². The lowest BCUT2D eigenvalue weighted by Crippen LogP contribution is -2.34. The second-order valence-corrected chi connectivity index (χ2v) is 6.44. The van der Waals surface area contributed by atoms with Crippen molar-refractivity contribution in [3.8, 4) is 0 Å². The topological polar surface area (TPSA) is 28.2 Å². The summed E-state index contributed by atoms with van der Waals surface area (Å²) in [6, 6.07) is 4.10. The van der Waals surface area contributed by atoms with E-state index in [2.05, 4.69) is 44.1 Å². The molecule has 1 aliphatic heterocycles. The molecule has 2 heterocycles. The average Bonchev–Trinajstić information content (AvgIpc) is 2.43. The second-order valence-electron chi connectivity index (χ2n) is 5.52. The van der Waals surface area contributed by atoms with Crippen LogP contribution in [0.2, 0.25) is 0 Å². The molecule has 1 fully saturated rings. The highest BCUT2D eigenvalue weighted by atomic mass is 79.9. The molecule has 106 valence electrons. The van der Waals surface area contributed by atoms with Crippen molar-refractivity contribution in [1.82, 2.24) is 15.2 Å². The van der Waals surface area contributed by atoms with Crippen molar-refractivity contribution in [2.24, 2.45) is 5.92 Å². The van der Waals surface area contributed by atoms with Gasteiger partial charge in [0.15, 0.2) is 0 Å². The van der Waals surface area contributed by atoms with Crippen molar-refractivity contribution in [3.05, 3.63) is 28.5 Å². The van der Waals surface area contributed by atoms with E-state index in [0.29, 0.717) is 0 Å². The molecule has 0 bridgehead atoms. The van der Waals surface area contributed by atoms with E-state index in [0.717, 1.165) is 29.2 Å². The van der Waals surface area contributed by atoms with Gasteiger partial charge in [-0.25, -0.2) is 0 Å². The number of likely N-dealkylation sites (tertiary alicyclic amines) is 1. The number of piperidine rings is 1. The lowest BCUT2D eigenvalue weighted by atomic mass is 9.99. The predicted molar refractivity (Wildman–Crippen MR) is 83.1 cm³/mol. The van der Waals surface area contributed by atoms with Crippen LogP contribution >= 0.6 is 15.9 Å². The molecule has 0 saturated carbocycles. The summed E-state index contributed by atoms with van der Waals surface area (Å²) in [7, 11) is 0. The first-order valence-electron chi connectivity index (χ1n) is 7.27. The maximum absolute atomic E-state index is 4.35. The highest BCUT2D eigenvalue weighted by Crippen LogP contribution is 2.15. The summed E-state index contributed by atoms with van der Waals surface area (Å²) in [4.78, 5) is 6.95. The third kappa shape index (κ3) is 5.59. The fraction of sp³-hybridized carbons (Fsp3) is 0.667. The molecule has 0 aliphatic carbocycles. The number of rotatable bonds is 6. The zero-order valence-electron chi connectivity index (χ0n) is 11.7. The smallest absolute Gasteiger partial charge is 0.0542 e. The zero-order valence-corrected chi connectivity index (χ0v) is 13.3. The molecule has 2 rings (SSSR count). The maximum atomic E-state index is 4.35. The Hall–Kier alpha value is -0.450. The van der Waals surface area contributed by atoms with Gasteiger partial charge in [-0.1, -0.05) is 6.92 Å². The summed E-state index contributed by atoms with van der Waals surface area (Å²) in [6.07, 6.45) is 5.82. The van der Waals surface area contributed by atoms with Crippen LogP contribution in [0.3, 0.4) is 0 Å².